The highest BCUT2D eigenvalue weighted by Crippen LogP contribution is 2.50. The molecule has 1 aromatic heterocycles. The van der Waals surface area contributed by atoms with Crippen molar-refractivity contribution in [3.05, 3.63) is 63.9 Å². The Balaban J connectivity index is 1.77. The van der Waals surface area contributed by atoms with Gasteiger partial charge in [-0.05, 0) is 42.2 Å². The minimum atomic E-state index is -0.807. The van der Waals surface area contributed by atoms with Gasteiger partial charge in [-0.1, -0.05) is 35.3 Å². The van der Waals surface area contributed by atoms with Crippen LogP contribution in [-0.2, 0) is 4.79 Å². The molecule has 0 bridgehead atoms. The topological polar surface area (TPSA) is 53.8 Å². The molecule has 22 heavy (non-hydrogen) atoms. The molecule has 0 spiro atoms. The first-order valence-corrected chi connectivity index (χ1v) is 7.66. The smallest absolute Gasteiger partial charge is 0.159 e. The van der Waals surface area contributed by atoms with Gasteiger partial charge in [0, 0.05) is 12.1 Å². The lowest BCUT2D eigenvalue weighted by molar-refractivity contribution is -0.120. The van der Waals surface area contributed by atoms with Crippen LogP contribution in [-0.4, -0.2) is 10.8 Å². The SMILES string of the molecule is N#C[C@H](C(=O)[C@@H]1C[C@@H]1c1ccc(Cl)c(Cl)c1)c1ccccn1. The molecule has 3 nitrogen and oxygen atoms in total. The third-order valence-corrected chi connectivity index (χ3v) is 4.66. The van der Waals surface area contributed by atoms with E-state index < -0.39 is 5.92 Å². The quantitative estimate of drug-likeness (QED) is 0.836. The van der Waals surface area contributed by atoms with Crippen LogP contribution in [0.25, 0.3) is 0 Å². The monoisotopic (exact) mass is 330 g/mol. The van der Waals surface area contributed by atoms with Gasteiger partial charge in [0.25, 0.3) is 0 Å². The molecule has 3 rings (SSSR count). The normalized spacial score (nSPS) is 21.0. The van der Waals surface area contributed by atoms with Crippen molar-refractivity contribution in [1.82, 2.24) is 4.98 Å². The number of nitrogens with zero attached hydrogens (tertiary/aromatic N) is 2. The maximum absolute atomic E-state index is 12.6. The first-order valence-electron chi connectivity index (χ1n) is 6.91. The molecule has 0 radical (unpaired) electrons. The standard InChI is InChI=1S/C17H12Cl2N2O/c18-14-5-4-10(7-15(14)19)11-8-12(11)17(22)13(9-20)16-3-1-2-6-21-16/h1-7,11-13H,8H2/t11-,12-,13+/m1/s1. The summed E-state index contributed by atoms with van der Waals surface area (Å²) >= 11 is 11.9. The Morgan fingerprint density at radius 1 is 1.27 bits per heavy atom. The van der Waals surface area contributed by atoms with Crippen LogP contribution in [0.15, 0.2) is 42.6 Å². The van der Waals surface area contributed by atoms with Crippen LogP contribution in [0.1, 0.15) is 29.5 Å². The van der Waals surface area contributed by atoms with Gasteiger partial charge in [-0.3, -0.25) is 9.78 Å². The molecular weight excluding hydrogens is 319 g/mol. The molecule has 1 aromatic carbocycles. The van der Waals surface area contributed by atoms with E-state index in [9.17, 15) is 10.1 Å². The Labute approximate surface area is 138 Å². The lowest BCUT2D eigenvalue weighted by Gasteiger charge is -2.07. The average molecular weight is 331 g/mol. The highest BCUT2D eigenvalue weighted by atomic mass is 35.5. The molecule has 3 atom stereocenters. The molecule has 1 fully saturated rings. The second kappa shape index (κ2) is 6.08. The van der Waals surface area contributed by atoms with Gasteiger partial charge in [0.05, 0.1) is 21.8 Å². The van der Waals surface area contributed by atoms with Gasteiger partial charge in [-0.15, -0.1) is 0 Å². The summed E-state index contributed by atoms with van der Waals surface area (Å²) in [6, 6.07) is 12.7. The van der Waals surface area contributed by atoms with E-state index >= 15 is 0 Å². The van der Waals surface area contributed by atoms with Crippen LogP contribution in [0, 0.1) is 17.2 Å². The summed E-state index contributed by atoms with van der Waals surface area (Å²) in [6.07, 6.45) is 2.33. The van der Waals surface area contributed by atoms with Crippen LogP contribution in [0.2, 0.25) is 10.0 Å². The third kappa shape index (κ3) is 2.85. The van der Waals surface area contributed by atoms with Crippen molar-refractivity contribution in [2.45, 2.75) is 18.3 Å². The number of ketones is 1. The molecule has 0 amide bonds. The third-order valence-electron chi connectivity index (χ3n) is 3.92. The van der Waals surface area contributed by atoms with E-state index in [-0.39, 0.29) is 17.6 Å². The first kappa shape index (κ1) is 15.0. The molecule has 1 saturated carbocycles. The minimum Gasteiger partial charge on any atom is -0.297 e. The van der Waals surface area contributed by atoms with E-state index in [2.05, 4.69) is 11.1 Å². The molecule has 0 unspecified atom stereocenters. The summed E-state index contributed by atoms with van der Waals surface area (Å²) in [5, 5.41) is 10.3. The predicted molar refractivity (Wildman–Crippen MR) is 84.9 cm³/mol. The number of halogens is 2. The number of benzene rings is 1. The van der Waals surface area contributed by atoms with Crippen LogP contribution in [0.3, 0.4) is 0 Å². The van der Waals surface area contributed by atoms with Crippen molar-refractivity contribution in [1.29, 1.82) is 5.26 Å². The van der Waals surface area contributed by atoms with Crippen molar-refractivity contribution in [2.75, 3.05) is 0 Å². The molecule has 0 aliphatic heterocycles. The summed E-state index contributed by atoms with van der Waals surface area (Å²) in [7, 11) is 0. The zero-order chi connectivity index (χ0) is 15.7. The number of pyridine rings is 1. The van der Waals surface area contributed by atoms with Gasteiger partial charge in [0.15, 0.2) is 5.78 Å². The fraction of sp³-hybridized carbons (Fsp3) is 0.235. The first-order chi connectivity index (χ1) is 10.6. The number of nitriles is 1. The van der Waals surface area contributed by atoms with Crippen molar-refractivity contribution in [2.24, 2.45) is 5.92 Å². The van der Waals surface area contributed by atoms with Gasteiger partial charge in [0.1, 0.15) is 5.92 Å². The number of aromatic nitrogens is 1. The lowest BCUT2D eigenvalue weighted by atomic mass is 9.95. The Morgan fingerprint density at radius 2 is 2.09 bits per heavy atom. The number of hydrogen-bond acceptors (Lipinski definition) is 3. The zero-order valence-corrected chi connectivity index (χ0v) is 13.1. The Hall–Kier alpha value is -1.89. The molecule has 5 heteroatoms. The number of hydrogen-bond donors (Lipinski definition) is 0. The highest BCUT2D eigenvalue weighted by Gasteiger charge is 2.46. The predicted octanol–water partition coefficient (Wildman–Crippen LogP) is 4.37. The average Bonchev–Trinajstić information content (AvgIpc) is 3.32. The van der Waals surface area contributed by atoms with E-state index in [1.165, 1.54) is 0 Å². The number of rotatable bonds is 4. The largest absolute Gasteiger partial charge is 0.297 e. The summed E-state index contributed by atoms with van der Waals surface area (Å²) in [5.74, 6) is -0.915. The van der Waals surface area contributed by atoms with Gasteiger partial charge in [-0.2, -0.15) is 5.26 Å². The Kier molecular flexibility index (Phi) is 4.15. The summed E-state index contributed by atoms with van der Waals surface area (Å²) in [4.78, 5) is 16.7. The van der Waals surface area contributed by atoms with Crippen molar-refractivity contribution >= 4 is 29.0 Å². The van der Waals surface area contributed by atoms with Gasteiger partial charge >= 0.3 is 0 Å². The molecule has 1 aliphatic carbocycles. The molecule has 2 aromatic rings. The second-order valence-electron chi connectivity index (χ2n) is 5.34. The maximum atomic E-state index is 12.6. The minimum absolute atomic E-state index is 0.0720. The van der Waals surface area contributed by atoms with E-state index in [1.807, 2.05) is 6.07 Å². The second-order valence-corrected chi connectivity index (χ2v) is 6.16. The van der Waals surface area contributed by atoms with E-state index in [0.29, 0.717) is 15.7 Å². The fourth-order valence-corrected chi connectivity index (χ4v) is 2.96. The maximum Gasteiger partial charge on any atom is 0.159 e. The summed E-state index contributed by atoms with van der Waals surface area (Å²) < 4.78 is 0. The van der Waals surface area contributed by atoms with Gasteiger partial charge in [-0.25, -0.2) is 0 Å². The zero-order valence-electron chi connectivity index (χ0n) is 11.5. The van der Waals surface area contributed by atoms with E-state index in [0.717, 1.165) is 12.0 Å². The fourth-order valence-electron chi connectivity index (χ4n) is 2.66. The molecule has 110 valence electrons. The molecule has 1 heterocycles. The van der Waals surface area contributed by atoms with Crippen molar-refractivity contribution in [3.63, 3.8) is 0 Å². The number of carbonyl (C=O) groups is 1. The van der Waals surface area contributed by atoms with Crippen LogP contribution < -0.4 is 0 Å². The molecular formula is C17H12Cl2N2O. The highest BCUT2D eigenvalue weighted by molar-refractivity contribution is 6.42. The van der Waals surface area contributed by atoms with Crippen molar-refractivity contribution < 1.29 is 4.79 Å². The summed E-state index contributed by atoms with van der Waals surface area (Å²) in [5.41, 5.74) is 1.50. The van der Waals surface area contributed by atoms with Crippen molar-refractivity contribution in [3.8, 4) is 6.07 Å². The van der Waals surface area contributed by atoms with Crippen LogP contribution in [0.4, 0.5) is 0 Å². The molecule has 0 N–H and O–H groups in total. The lowest BCUT2D eigenvalue weighted by Crippen LogP contribution is -2.14. The Morgan fingerprint density at radius 3 is 2.73 bits per heavy atom. The molecule has 1 aliphatic rings. The van der Waals surface area contributed by atoms with E-state index in [4.69, 9.17) is 23.2 Å². The van der Waals surface area contributed by atoms with Crippen LogP contribution >= 0.6 is 23.2 Å². The number of Topliss-reactive ketones (excluding diaryl/α,β-unsaturated/α-hetero) is 1. The molecule has 0 saturated heterocycles. The van der Waals surface area contributed by atoms with Crippen LogP contribution in [0.5, 0.6) is 0 Å². The summed E-state index contributed by atoms with van der Waals surface area (Å²) in [6.45, 7) is 0. The Bertz CT molecular complexity index is 755. The van der Waals surface area contributed by atoms with E-state index in [1.54, 1.807) is 36.5 Å². The van der Waals surface area contributed by atoms with Gasteiger partial charge < -0.3 is 0 Å². The van der Waals surface area contributed by atoms with Gasteiger partial charge in [0.2, 0.25) is 0 Å². The number of carbonyl (C=O) groups excluding carboxylic acids is 1.